The molecule has 2 heterocycles. The number of carbonyl (C=O) groups excluding carboxylic acids is 1. The lowest BCUT2D eigenvalue weighted by molar-refractivity contribution is -0.00687. The fraction of sp³-hybridized carbons (Fsp3) is 0.667. The Bertz CT molecular complexity index is 661. The second-order valence-electron chi connectivity index (χ2n) is 8.21. The molecule has 1 unspecified atom stereocenters. The maximum atomic E-state index is 12.3. The number of hydrogen-bond donors (Lipinski definition) is 0. The van der Waals surface area contributed by atoms with Crippen LogP contribution in [0.2, 0.25) is 5.02 Å². The molecule has 6 heteroatoms. The number of piperidine rings is 1. The minimum absolute atomic E-state index is 0.0899. The molecule has 0 saturated carbocycles. The first-order valence-corrected chi connectivity index (χ1v) is 8.70. The van der Waals surface area contributed by atoms with Gasteiger partial charge in [0.2, 0.25) is 0 Å². The number of ether oxygens (including phenoxy) is 1. The first-order chi connectivity index (χ1) is 11.0. The van der Waals surface area contributed by atoms with Gasteiger partial charge in [-0.2, -0.15) is 0 Å². The minimum Gasteiger partial charge on any atom is -0.444 e. The van der Waals surface area contributed by atoms with Crippen molar-refractivity contribution in [3.05, 3.63) is 33.7 Å². The van der Waals surface area contributed by atoms with Crippen LogP contribution >= 0.6 is 11.6 Å². The Morgan fingerprint density at radius 2 is 2.08 bits per heavy atom. The van der Waals surface area contributed by atoms with Crippen molar-refractivity contribution in [2.24, 2.45) is 11.3 Å². The van der Waals surface area contributed by atoms with Crippen LogP contribution in [0.25, 0.3) is 0 Å². The molecule has 1 aromatic heterocycles. The van der Waals surface area contributed by atoms with Crippen LogP contribution in [0, 0.1) is 11.3 Å². The fourth-order valence-corrected chi connectivity index (χ4v) is 3.24. The summed E-state index contributed by atoms with van der Waals surface area (Å²) in [6, 6.07) is 3.16. The van der Waals surface area contributed by atoms with E-state index in [1.807, 2.05) is 20.8 Å². The van der Waals surface area contributed by atoms with Crippen molar-refractivity contribution >= 4 is 17.7 Å². The average molecular weight is 355 g/mol. The third-order valence-corrected chi connectivity index (χ3v) is 4.71. The summed E-state index contributed by atoms with van der Waals surface area (Å²) in [5.74, 6) is 0.301. The molecule has 0 aliphatic carbocycles. The zero-order chi connectivity index (χ0) is 18.1. The Hall–Kier alpha value is -1.49. The van der Waals surface area contributed by atoms with E-state index in [-0.39, 0.29) is 17.1 Å². The molecule has 0 aromatic carbocycles. The number of nitrogens with zero attached hydrogens (tertiary/aromatic N) is 2. The highest BCUT2D eigenvalue weighted by Crippen LogP contribution is 2.36. The summed E-state index contributed by atoms with van der Waals surface area (Å²) in [6.07, 6.45) is 2.31. The van der Waals surface area contributed by atoms with Crippen molar-refractivity contribution in [2.75, 3.05) is 13.1 Å². The summed E-state index contributed by atoms with van der Waals surface area (Å²) >= 11 is 5.85. The second-order valence-corrected chi connectivity index (χ2v) is 8.65. The molecule has 1 saturated heterocycles. The molecule has 1 fully saturated rings. The third-order valence-electron chi connectivity index (χ3n) is 4.48. The summed E-state index contributed by atoms with van der Waals surface area (Å²) < 4.78 is 7.17. The van der Waals surface area contributed by atoms with E-state index in [0.29, 0.717) is 30.6 Å². The predicted molar refractivity (Wildman–Crippen MR) is 95.4 cm³/mol. The summed E-state index contributed by atoms with van der Waals surface area (Å²) in [5, 5.41) is 0.454. The Kier molecular flexibility index (Phi) is 5.33. The largest absolute Gasteiger partial charge is 0.444 e. The first kappa shape index (κ1) is 18.8. The van der Waals surface area contributed by atoms with Gasteiger partial charge in [0.15, 0.2) is 0 Å². The summed E-state index contributed by atoms with van der Waals surface area (Å²) in [6.45, 7) is 11.8. The van der Waals surface area contributed by atoms with Crippen molar-refractivity contribution < 1.29 is 9.53 Å². The van der Waals surface area contributed by atoms with Crippen molar-refractivity contribution in [3.63, 3.8) is 0 Å². The highest BCUT2D eigenvalue weighted by atomic mass is 35.5. The van der Waals surface area contributed by atoms with Crippen LogP contribution < -0.4 is 5.56 Å². The van der Waals surface area contributed by atoms with E-state index in [9.17, 15) is 9.59 Å². The Morgan fingerprint density at radius 1 is 1.42 bits per heavy atom. The third kappa shape index (κ3) is 4.76. The van der Waals surface area contributed by atoms with Crippen LogP contribution in [-0.4, -0.2) is 34.3 Å². The van der Waals surface area contributed by atoms with E-state index in [2.05, 4.69) is 13.8 Å². The van der Waals surface area contributed by atoms with E-state index in [4.69, 9.17) is 16.3 Å². The van der Waals surface area contributed by atoms with Gasteiger partial charge in [0.05, 0.1) is 0 Å². The Balaban J connectivity index is 2.06. The van der Waals surface area contributed by atoms with Gasteiger partial charge >= 0.3 is 6.09 Å². The maximum absolute atomic E-state index is 12.3. The first-order valence-electron chi connectivity index (χ1n) is 8.32. The monoisotopic (exact) mass is 354 g/mol. The van der Waals surface area contributed by atoms with Gasteiger partial charge in [0.1, 0.15) is 5.60 Å². The van der Waals surface area contributed by atoms with E-state index in [1.54, 1.807) is 21.7 Å². The minimum atomic E-state index is -0.491. The van der Waals surface area contributed by atoms with Crippen molar-refractivity contribution in [3.8, 4) is 0 Å². The molecule has 1 atom stereocenters. The van der Waals surface area contributed by atoms with E-state index < -0.39 is 5.60 Å². The lowest BCUT2D eigenvalue weighted by Crippen LogP contribution is -2.50. The van der Waals surface area contributed by atoms with Gasteiger partial charge in [-0.25, -0.2) is 4.79 Å². The molecule has 24 heavy (non-hydrogen) atoms. The number of rotatable bonds is 2. The van der Waals surface area contributed by atoms with E-state index in [0.717, 1.165) is 6.42 Å². The molecule has 5 nitrogen and oxygen atoms in total. The molecule has 0 N–H and O–H groups in total. The van der Waals surface area contributed by atoms with Crippen molar-refractivity contribution in [2.45, 2.75) is 53.2 Å². The number of halogens is 1. The van der Waals surface area contributed by atoms with Crippen LogP contribution in [0.15, 0.2) is 23.1 Å². The molecule has 1 aliphatic rings. The lowest BCUT2D eigenvalue weighted by atomic mass is 9.74. The zero-order valence-corrected chi connectivity index (χ0v) is 15.9. The molecular formula is C18H27ClN2O3. The molecule has 1 aliphatic heterocycles. The zero-order valence-electron chi connectivity index (χ0n) is 15.1. The van der Waals surface area contributed by atoms with Crippen LogP contribution in [0.1, 0.15) is 41.0 Å². The highest BCUT2D eigenvalue weighted by Gasteiger charge is 2.38. The van der Waals surface area contributed by atoms with Gasteiger partial charge in [-0.1, -0.05) is 25.4 Å². The summed E-state index contributed by atoms with van der Waals surface area (Å²) in [7, 11) is 0. The number of carbonyl (C=O) groups is 1. The maximum Gasteiger partial charge on any atom is 0.410 e. The standard InChI is InChI=1S/C18H27ClN2O3/c1-17(2,3)24-16(23)21-8-6-13(18(4,5)12-21)11-20-9-7-14(19)10-15(20)22/h7,9-10,13H,6,8,11-12H2,1-5H3. The highest BCUT2D eigenvalue weighted by molar-refractivity contribution is 6.30. The second kappa shape index (κ2) is 6.79. The van der Waals surface area contributed by atoms with Gasteiger partial charge in [0, 0.05) is 36.9 Å². The quantitative estimate of drug-likeness (QED) is 0.812. The van der Waals surface area contributed by atoms with Gasteiger partial charge in [-0.05, 0) is 44.6 Å². The van der Waals surface area contributed by atoms with Crippen LogP contribution in [0.3, 0.4) is 0 Å². The molecular weight excluding hydrogens is 328 g/mol. The molecule has 0 spiro atoms. The fourth-order valence-electron chi connectivity index (χ4n) is 3.10. The topological polar surface area (TPSA) is 51.5 Å². The van der Waals surface area contributed by atoms with Gasteiger partial charge in [0.25, 0.3) is 5.56 Å². The van der Waals surface area contributed by atoms with Crippen molar-refractivity contribution in [1.29, 1.82) is 0 Å². The molecule has 0 bridgehead atoms. The smallest absolute Gasteiger partial charge is 0.410 e. The molecule has 134 valence electrons. The summed E-state index contributed by atoms with van der Waals surface area (Å²) in [5.41, 5.74) is -0.684. The van der Waals surface area contributed by atoms with Gasteiger partial charge in [-0.15, -0.1) is 0 Å². The molecule has 1 aromatic rings. The Morgan fingerprint density at radius 3 is 2.62 bits per heavy atom. The van der Waals surface area contributed by atoms with Crippen LogP contribution in [0.5, 0.6) is 0 Å². The molecule has 0 radical (unpaired) electrons. The number of likely N-dealkylation sites (tertiary alicyclic amines) is 1. The van der Waals surface area contributed by atoms with Gasteiger partial charge in [-0.3, -0.25) is 4.79 Å². The van der Waals surface area contributed by atoms with E-state index in [1.165, 1.54) is 6.07 Å². The van der Waals surface area contributed by atoms with E-state index >= 15 is 0 Å². The molecule has 2 rings (SSSR count). The molecule has 1 amide bonds. The van der Waals surface area contributed by atoms with Crippen LogP contribution in [0.4, 0.5) is 4.79 Å². The van der Waals surface area contributed by atoms with Crippen LogP contribution in [-0.2, 0) is 11.3 Å². The lowest BCUT2D eigenvalue weighted by Gasteiger charge is -2.44. The number of pyridine rings is 1. The van der Waals surface area contributed by atoms with Crippen molar-refractivity contribution in [1.82, 2.24) is 9.47 Å². The number of amides is 1. The predicted octanol–water partition coefficient (Wildman–Crippen LogP) is 3.78. The summed E-state index contributed by atoms with van der Waals surface area (Å²) in [4.78, 5) is 26.1. The number of aromatic nitrogens is 1. The van der Waals surface area contributed by atoms with Gasteiger partial charge < -0.3 is 14.2 Å². The SMILES string of the molecule is CC(C)(C)OC(=O)N1CCC(Cn2ccc(Cl)cc2=O)C(C)(C)C1. The normalized spacial score (nSPS) is 20.8. The Labute approximate surface area is 148 Å². The average Bonchev–Trinajstić information content (AvgIpc) is 2.41. The number of hydrogen-bond acceptors (Lipinski definition) is 3.